The number of carbonyl (C=O) groups excluding carboxylic acids is 1. The zero-order valence-electron chi connectivity index (χ0n) is 12.2. The van der Waals surface area contributed by atoms with Crippen molar-refractivity contribution < 1.29 is 4.79 Å². The molecule has 0 aliphatic rings. The van der Waals surface area contributed by atoms with Gasteiger partial charge in [-0.25, -0.2) is 4.98 Å². The topological polar surface area (TPSA) is 42.0 Å². The molecular weight excluding hydrogens is 348 g/mol. The quantitative estimate of drug-likeness (QED) is 0.630. The third-order valence-electron chi connectivity index (χ3n) is 3.21. The molecule has 6 heteroatoms. The highest BCUT2D eigenvalue weighted by Crippen LogP contribution is 2.27. The monoisotopic (exact) mass is 360 g/mol. The van der Waals surface area contributed by atoms with Crippen molar-refractivity contribution >= 4 is 45.7 Å². The number of anilines is 1. The lowest BCUT2D eigenvalue weighted by atomic mass is 10.2. The molecule has 1 heterocycles. The zero-order valence-corrected chi connectivity index (χ0v) is 14.6. The molecule has 0 atom stereocenters. The van der Waals surface area contributed by atoms with E-state index in [4.69, 9.17) is 11.6 Å². The predicted molar refractivity (Wildman–Crippen MR) is 98.7 cm³/mol. The Kier molecular flexibility index (Phi) is 5.00. The summed E-state index contributed by atoms with van der Waals surface area (Å²) in [5.74, 6) is -0.250. The van der Waals surface area contributed by atoms with Crippen LogP contribution in [0.5, 0.6) is 0 Å². The summed E-state index contributed by atoms with van der Waals surface area (Å²) in [7, 11) is 0. The highest BCUT2D eigenvalue weighted by atomic mass is 35.5. The second kappa shape index (κ2) is 7.17. The minimum atomic E-state index is -0.250. The van der Waals surface area contributed by atoms with Crippen LogP contribution in [0.15, 0.2) is 58.8 Å². The highest BCUT2D eigenvalue weighted by molar-refractivity contribution is 7.98. The van der Waals surface area contributed by atoms with Gasteiger partial charge in [-0.2, -0.15) is 0 Å². The Morgan fingerprint density at radius 2 is 2.00 bits per heavy atom. The van der Waals surface area contributed by atoms with Gasteiger partial charge in [-0.1, -0.05) is 41.9 Å². The first-order valence-corrected chi connectivity index (χ1v) is 9.31. The first-order chi connectivity index (χ1) is 11.2. The molecule has 0 fully saturated rings. The van der Waals surface area contributed by atoms with Gasteiger partial charge in [-0.05, 0) is 24.5 Å². The summed E-state index contributed by atoms with van der Waals surface area (Å²) >= 11 is 9.09. The summed E-state index contributed by atoms with van der Waals surface area (Å²) in [6.45, 7) is 0. The molecule has 3 nitrogen and oxygen atoms in total. The van der Waals surface area contributed by atoms with E-state index in [9.17, 15) is 4.79 Å². The molecule has 0 saturated carbocycles. The molecule has 1 amide bonds. The van der Waals surface area contributed by atoms with Crippen LogP contribution in [0.3, 0.4) is 0 Å². The van der Waals surface area contributed by atoms with Crippen LogP contribution >= 0.6 is 34.7 Å². The van der Waals surface area contributed by atoms with Crippen molar-refractivity contribution in [2.45, 2.75) is 4.90 Å². The Morgan fingerprint density at radius 1 is 1.22 bits per heavy atom. The molecule has 0 spiro atoms. The van der Waals surface area contributed by atoms with E-state index in [-0.39, 0.29) is 5.91 Å². The largest absolute Gasteiger partial charge is 0.298 e. The Morgan fingerprint density at radius 3 is 2.74 bits per heavy atom. The van der Waals surface area contributed by atoms with Crippen molar-refractivity contribution in [3.05, 3.63) is 64.5 Å². The molecule has 0 aliphatic heterocycles. The number of rotatable bonds is 4. The number of halogens is 1. The van der Waals surface area contributed by atoms with Crippen LogP contribution in [0.2, 0.25) is 5.02 Å². The van der Waals surface area contributed by atoms with Crippen molar-refractivity contribution in [2.75, 3.05) is 11.6 Å². The van der Waals surface area contributed by atoms with Crippen molar-refractivity contribution in [3.63, 3.8) is 0 Å². The molecular formula is C17H13ClN2OS2. The molecule has 0 bridgehead atoms. The van der Waals surface area contributed by atoms with E-state index in [1.165, 1.54) is 11.3 Å². The fourth-order valence-electron chi connectivity index (χ4n) is 2.04. The SMILES string of the molecule is CSc1ccc(Cl)c(C(=O)Nc2nc(-c3ccccc3)cs2)c1. The predicted octanol–water partition coefficient (Wildman–Crippen LogP) is 5.44. The first-order valence-electron chi connectivity index (χ1n) is 6.83. The highest BCUT2D eigenvalue weighted by Gasteiger charge is 2.13. The number of nitrogens with zero attached hydrogens (tertiary/aromatic N) is 1. The molecule has 3 aromatic rings. The first kappa shape index (κ1) is 16.1. The van der Waals surface area contributed by atoms with Gasteiger partial charge in [0, 0.05) is 15.8 Å². The molecule has 0 saturated heterocycles. The molecule has 0 unspecified atom stereocenters. The number of hydrogen-bond acceptors (Lipinski definition) is 4. The average Bonchev–Trinajstić information content (AvgIpc) is 3.04. The summed E-state index contributed by atoms with van der Waals surface area (Å²) in [6, 6.07) is 15.3. The standard InChI is InChI=1S/C17H13ClN2OS2/c1-22-12-7-8-14(18)13(9-12)16(21)20-17-19-15(10-23-17)11-5-3-2-4-6-11/h2-10H,1H3,(H,19,20,21). The number of hydrogen-bond donors (Lipinski definition) is 1. The van der Waals surface area contributed by atoms with Gasteiger partial charge < -0.3 is 0 Å². The van der Waals surface area contributed by atoms with Gasteiger partial charge in [-0.3, -0.25) is 10.1 Å². The summed E-state index contributed by atoms with van der Waals surface area (Å²) < 4.78 is 0. The summed E-state index contributed by atoms with van der Waals surface area (Å²) in [5, 5.41) is 5.72. The van der Waals surface area contributed by atoms with E-state index in [1.807, 2.05) is 48.0 Å². The molecule has 0 aliphatic carbocycles. The van der Waals surface area contributed by atoms with E-state index < -0.39 is 0 Å². The van der Waals surface area contributed by atoms with E-state index in [0.29, 0.717) is 15.7 Å². The van der Waals surface area contributed by atoms with Gasteiger partial charge in [0.05, 0.1) is 16.3 Å². The third-order valence-corrected chi connectivity index (χ3v) is 5.03. The van der Waals surface area contributed by atoms with Crippen LogP contribution in [-0.2, 0) is 0 Å². The minimum absolute atomic E-state index is 0.250. The van der Waals surface area contributed by atoms with Gasteiger partial charge in [0.15, 0.2) is 5.13 Å². The van der Waals surface area contributed by atoms with E-state index in [0.717, 1.165) is 16.2 Å². The van der Waals surface area contributed by atoms with Crippen LogP contribution in [-0.4, -0.2) is 17.1 Å². The maximum absolute atomic E-state index is 12.4. The molecule has 1 N–H and O–H groups in total. The Balaban J connectivity index is 1.80. The van der Waals surface area contributed by atoms with Crippen molar-refractivity contribution in [1.82, 2.24) is 4.98 Å². The number of nitrogens with one attached hydrogen (secondary N) is 1. The number of benzene rings is 2. The van der Waals surface area contributed by atoms with E-state index in [2.05, 4.69) is 10.3 Å². The average molecular weight is 361 g/mol. The summed E-state index contributed by atoms with van der Waals surface area (Å²) in [6.07, 6.45) is 1.96. The number of aromatic nitrogens is 1. The number of thiazole rings is 1. The van der Waals surface area contributed by atoms with Crippen molar-refractivity contribution in [3.8, 4) is 11.3 Å². The van der Waals surface area contributed by atoms with Gasteiger partial charge in [0.25, 0.3) is 5.91 Å². The second-order valence-electron chi connectivity index (χ2n) is 4.70. The van der Waals surface area contributed by atoms with Crippen LogP contribution in [0, 0.1) is 0 Å². The van der Waals surface area contributed by atoms with Crippen LogP contribution in [0.1, 0.15) is 10.4 Å². The molecule has 0 radical (unpaired) electrons. The van der Waals surface area contributed by atoms with E-state index >= 15 is 0 Å². The maximum Gasteiger partial charge on any atom is 0.258 e. The van der Waals surface area contributed by atoms with Gasteiger partial charge >= 0.3 is 0 Å². The number of amides is 1. The smallest absolute Gasteiger partial charge is 0.258 e. The van der Waals surface area contributed by atoms with Gasteiger partial charge in [0.2, 0.25) is 0 Å². The fraction of sp³-hybridized carbons (Fsp3) is 0.0588. The molecule has 3 rings (SSSR count). The molecule has 2 aromatic carbocycles. The number of carbonyl (C=O) groups is 1. The molecule has 1 aromatic heterocycles. The van der Waals surface area contributed by atoms with Gasteiger partial charge in [0.1, 0.15) is 0 Å². The molecule has 116 valence electrons. The molecule has 23 heavy (non-hydrogen) atoms. The Labute approximate surface area is 147 Å². The van der Waals surface area contributed by atoms with Crippen molar-refractivity contribution in [2.24, 2.45) is 0 Å². The second-order valence-corrected chi connectivity index (χ2v) is 6.85. The van der Waals surface area contributed by atoms with Crippen LogP contribution < -0.4 is 5.32 Å². The van der Waals surface area contributed by atoms with Crippen LogP contribution in [0.4, 0.5) is 5.13 Å². The summed E-state index contributed by atoms with van der Waals surface area (Å²) in [4.78, 5) is 17.9. The lowest BCUT2D eigenvalue weighted by Crippen LogP contribution is -2.12. The lowest BCUT2D eigenvalue weighted by molar-refractivity contribution is 0.102. The maximum atomic E-state index is 12.4. The third kappa shape index (κ3) is 3.75. The van der Waals surface area contributed by atoms with Gasteiger partial charge in [-0.15, -0.1) is 23.1 Å². The zero-order chi connectivity index (χ0) is 16.2. The van der Waals surface area contributed by atoms with Crippen molar-refractivity contribution in [1.29, 1.82) is 0 Å². The Hall–Kier alpha value is -1.82. The normalized spacial score (nSPS) is 10.5. The lowest BCUT2D eigenvalue weighted by Gasteiger charge is -2.06. The van der Waals surface area contributed by atoms with Crippen LogP contribution in [0.25, 0.3) is 11.3 Å². The minimum Gasteiger partial charge on any atom is -0.298 e. The Bertz CT molecular complexity index is 834. The summed E-state index contributed by atoms with van der Waals surface area (Å²) in [5.41, 5.74) is 2.32. The van der Waals surface area contributed by atoms with E-state index in [1.54, 1.807) is 23.9 Å². The fourth-order valence-corrected chi connectivity index (χ4v) is 3.40. The number of thioether (sulfide) groups is 1.